The van der Waals surface area contributed by atoms with E-state index < -0.39 is 0 Å². The fourth-order valence-electron chi connectivity index (χ4n) is 1.56. The Morgan fingerprint density at radius 2 is 2.06 bits per heavy atom. The molecule has 1 heterocycles. The zero-order valence-electron chi connectivity index (χ0n) is 11.0. The predicted octanol–water partition coefficient (Wildman–Crippen LogP) is 3.33. The maximum absolute atomic E-state index is 5.91. The number of halogens is 2. The van der Waals surface area contributed by atoms with E-state index in [0.29, 0.717) is 5.88 Å². The molecule has 0 saturated heterocycles. The molecule has 0 saturated carbocycles. The van der Waals surface area contributed by atoms with Crippen LogP contribution in [0.5, 0.6) is 0 Å². The van der Waals surface area contributed by atoms with Crippen molar-refractivity contribution in [2.45, 2.75) is 52.7 Å². The highest BCUT2D eigenvalue weighted by Gasteiger charge is 2.19. The van der Waals surface area contributed by atoms with Gasteiger partial charge in [0, 0.05) is 24.5 Å². The van der Waals surface area contributed by atoms with Crippen molar-refractivity contribution in [1.29, 1.82) is 0 Å². The lowest BCUT2D eigenvalue weighted by atomic mass is 10.1. The molecule has 98 valence electrons. The molecule has 0 aliphatic carbocycles. The van der Waals surface area contributed by atoms with Gasteiger partial charge in [0.1, 0.15) is 0 Å². The van der Waals surface area contributed by atoms with E-state index in [-0.39, 0.29) is 5.54 Å². The Morgan fingerprint density at radius 1 is 1.41 bits per heavy atom. The van der Waals surface area contributed by atoms with Crippen LogP contribution in [0, 0.1) is 0 Å². The highest BCUT2D eigenvalue weighted by atomic mass is 79.9. The standard InChI is InChI=1S/C12H21BrClN3/c1-5-9-11(13)10(17(6-2)16-9)7-15-12(3,4)8-14/h15H,5-8H2,1-4H3. The number of aryl methyl sites for hydroxylation is 2. The summed E-state index contributed by atoms with van der Waals surface area (Å²) in [6, 6.07) is 0. The minimum absolute atomic E-state index is 0.0593. The van der Waals surface area contributed by atoms with E-state index in [1.165, 1.54) is 5.69 Å². The fourth-order valence-corrected chi connectivity index (χ4v) is 2.36. The molecule has 0 aromatic carbocycles. The molecule has 1 aromatic heterocycles. The molecule has 0 aliphatic rings. The number of aromatic nitrogens is 2. The van der Waals surface area contributed by atoms with Crippen LogP contribution in [0.2, 0.25) is 0 Å². The molecule has 0 aliphatic heterocycles. The topological polar surface area (TPSA) is 29.9 Å². The Hall–Kier alpha value is -0.0600. The molecule has 1 N–H and O–H groups in total. The van der Waals surface area contributed by atoms with Crippen molar-refractivity contribution in [3.8, 4) is 0 Å². The molecule has 0 spiro atoms. The van der Waals surface area contributed by atoms with E-state index in [9.17, 15) is 0 Å². The SMILES string of the molecule is CCc1nn(CC)c(CNC(C)(C)CCl)c1Br. The molecule has 1 rings (SSSR count). The molecule has 0 bridgehead atoms. The Bertz CT molecular complexity index is 374. The molecule has 0 fully saturated rings. The van der Waals surface area contributed by atoms with Gasteiger partial charge in [0.15, 0.2) is 0 Å². The van der Waals surface area contributed by atoms with Gasteiger partial charge in [0.25, 0.3) is 0 Å². The van der Waals surface area contributed by atoms with Gasteiger partial charge in [0.05, 0.1) is 15.9 Å². The van der Waals surface area contributed by atoms with E-state index in [0.717, 1.165) is 29.7 Å². The number of rotatable bonds is 6. The average Bonchev–Trinajstić information content (AvgIpc) is 2.63. The minimum atomic E-state index is -0.0593. The van der Waals surface area contributed by atoms with E-state index in [4.69, 9.17) is 11.6 Å². The van der Waals surface area contributed by atoms with Crippen LogP contribution in [0.1, 0.15) is 39.1 Å². The fraction of sp³-hybridized carbons (Fsp3) is 0.750. The van der Waals surface area contributed by atoms with Crippen molar-refractivity contribution in [1.82, 2.24) is 15.1 Å². The lowest BCUT2D eigenvalue weighted by Gasteiger charge is -2.23. The highest BCUT2D eigenvalue weighted by Crippen LogP contribution is 2.22. The van der Waals surface area contributed by atoms with E-state index >= 15 is 0 Å². The van der Waals surface area contributed by atoms with Gasteiger partial charge < -0.3 is 5.32 Å². The maximum Gasteiger partial charge on any atom is 0.0767 e. The third-order valence-corrected chi connectivity index (χ3v) is 4.35. The summed E-state index contributed by atoms with van der Waals surface area (Å²) in [5.41, 5.74) is 2.26. The van der Waals surface area contributed by atoms with Gasteiger partial charge in [-0.15, -0.1) is 11.6 Å². The first-order chi connectivity index (χ1) is 7.95. The van der Waals surface area contributed by atoms with Crippen molar-refractivity contribution in [3.05, 3.63) is 15.9 Å². The van der Waals surface area contributed by atoms with Crippen LogP contribution in [-0.2, 0) is 19.5 Å². The first-order valence-corrected chi connectivity index (χ1v) is 7.33. The van der Waals surface area contributed by atoms with Gasteiger partial charge in [-0.3, -0.25) is 4.68 Å². The molecular formula is C12H21BrClN3. The third kappa shape index (κ3) is 3.70. The number of hydrogen-bond donors (Lipinski definition) is 1. The lowest BCUT2D eigenvalue weighted by Crippen LogP contribution is -2.40. The number of alkyl halides is 1. The van der Waals surface area contributed by atoms with Crippen LogP contribution in [0.25, 0.3) is 0 Å². The van der Waals surface area contributed by atoms with Gasteiger partial charge in [-0.2, -0.15) is 5.10 Å². The van der Waals surface area contributed by atoms with Gasteiger partial charge in [-0.05, 0) is 43.1 Å². The number of nitrogens with zero attached hydrogens (tertiary/aromatic N) is 2. The summed E-state index contributed by atoms with van der Waals surface area (Å²) in [4.78, 5) is 0. The maximum atomic E-state index is 5.91. The first kappa shape index (κ1) is 15.0. The summed E-state index contributed by atoms with van der Waals surface area (Å²) < 4.78 is 3.17. The zero-order valence-corrected chi connectivity index (χ0v) is 13.3. The first-order valence-electron chi connectivity index (χ1n) is 6.00. The molecule has 0 unspecified atom stereocenters. The summed E-state index contributed by atoms with van der Waals surface area (Å²) in [5.74, 6) is 0.589. The molecule has 1 aromatic rings. The molecule has 5 heteroatoms. The Kier molecular flexibility index (Phi) is 5.48. The predicted molar refractivity (Wildman–Crippen MR) is 76.6 cm³/mol. The third-order valence-electron chi connectivity index (χ3n) is 2.76. The Morgan fingerprint density at radius 3 is 2.53 bits per heavy atom. The molecule has 0 amide bonds. The molecule has 0 atom stereocenters. The quantitative estimate of drug-likeness (QED) is 0.814. The van der Waals surface area contributed by atoms with Crippen LogP contribution in [0.15, 0.2) is 4.47 Å². The average molecular weight is 323 g/mol. The van der Waals surface area contributed by atoms with Crippen molar-refractivity contribution >= 4 is 27.5 Å². The lowest BCUT2D eigenvalue weighted by molar-refractivity contribution is 0.417. The number of nitrogens with one attached hydrogen (secondary N) is 1. The number of hydrogen-bond acceptors (Lipinski definition) is 2. The molecule has 0 radical (unpaired) electrons. The van der Waals surface area contributed by atoms with Crippen molar-refractivity contribution < 1.29 is 0 Å². The summed E-state index contributed by atoms with van der Waals surface area (Å²) >= 11 is 9.55. The summed E-state index contributed by atoms with van der Waals surface area (Å²) in [7, 11) is 0. The van der Waals surface area contributed by atoms with E-state index in [1.54, 1.807) is 0 Å². The van der Waals surface area contributed by atoms with Gasteiger partial charge in [0.2, 0.25) is 0 Å². The van der Waals surface area contributed by atoms with Crippen molar-refractivity contribution in [2.75, 3.05) is 5.88 Å². The van der Waals surface area contributed by atoms with E-state index in [1.807, 2.05) is 4.68 Å². The summed E-state index contributed by atoms with van der Waals surface area (Å²) in [6.07, 6.45) is 0.944. The van der Waals surface area contributed by atoms with Gasteiger partial charge >= 0.3 is 0 Å². The molecular weight excluding hydrogens is 302 g/mol. The second kappa shape index (κ2) is 6.21. The van der Waals surface area contributed by atoms with Crippen LogP contribution < -0.4 is 5.32 Å². The Labute approximate surface area is 117 Å². The van der Waals surface area contributed by atoms with Crippen LogP contribution in [-0.4, -0.2) is 21.2 Å². The smallest absolute Gasteiger partial charge is 0.0767 e. The Balaban J connectivity index is 2.86. The van der Waals surface area contributed by atoms with Crippen molar-refractivity contribution in [2.24, 2.45) is 0 Å². The monoisotopic (exact) mass is 321 g/mol. The van der Waals surface area contributed by atoms with Crippen LogP contribution >= 0.6 is 27.5 Å². The normalized spacial score (nSPS) is 12.1. The van der Waals surface area contributed by atoms with E-state index in [2.05, 4.69) is 54.0 Å². The zero-order chi connectivity index (χ0) is 13.1. The van der Waals surface area contributed by atoms with Crippen LogP contribution in [0.3, 0.4) is 0 Å². The van der Waals surface area contributed by atoms with Gasteiger partial charge in [-0.25, -0.2) is 0 Å². The van der Waals surface area contributed by atoms with Gasteiger partial charge in [-0.1, -0.05) is 6.92 Å². The highest BCUT2D eigenvalue weighted by molar-refractivity contribution is 9.10. The summed E-state index contributed by atoms with van der Waals surface area (Å²) in [5, 5.41) is 8.03. The van der Waals surface area contributed by atoms with Crippen LogP contribution in [0.4, 0.5) is 0 Å². The molecule has 3 nitrogen and oxygen atoms in total. The molecule has 17 heavy (non-hydrogen) atoms. The van der Waals surface area contributed by atoms with Crippen molar-refractivity contribution in [3.63, 3.8) is 0 Å². The largest absolute Gasteiger partial charge is 0.305 e. The second-order valence-corrected chi connectivity index (χ2v) is 5.81. The second-order valence-electron chi connectivity index (χ2n) is 4.75. The minimum Gasteiger partial charge on any atom is -0.305 e. The summed E-state index contributed by atoms with van der Waals surface area (Å²) in [6.45, 7) is 10.1.